The Hall–Kier alpha value is -2.54. The predicted molar refractivity (Wildman–Crippen MR) is 118 cm³/mol. The average molecular weight is 462 g/mol. The molecule has 0 radical (unpaired) electrons. The Bertz CT molecular complexity index is 1050. The monoisotopic (exact) mass is 461 g/mol. The number of carbonyl (C=O) groups excluding carboxylic acids is 1. The summed E-state index contributed by atoms with van der Waals surface area (Å²) in [6, 6.07) is 9.33. The number of hydrogen-bond donors (Lipinski definition) is 1. The first-order valence-electron chi connectivity index (χ1n) is 10.0. The van der Waals surface area contributed by atoms with Crippen LogP contribution in [0.4, 0.5) is 0 Å². The van der Waals surface area contributed by atoms with Crippen molar-refractivity contribution in [2.24, 2.45) is 5.92 Å². The van der Waals surface area contributed by atoms with Crippen molar-refractivity contribution < 1.29 is 24.5 Å². The molecule has 0 aromatic heterocycles. The Morgan fingerprint density at radius 2 is 2.03 bits per heavy atom. The molecule has 31 heavy (non-hydrogen) atoms. The molecule has 0 saturated carbocycles. The van der Waals surface area contributed by atoms with Crippen LogP contribution in [0.15, 0.2) is 36.4 Å². The van der Waals surface area contributed by atoms with E-state index in [1.807, 2.05) is 24.3 Å². The van der Waals surface area contributed by atoms with E-state index < -0.39 is 11.9 Å². The summed E-state index contributed by atoms with van der Waals surface area (Å²) in [5, 5.41) is 9.99. The van der Waals surface area contributed by atoms with Crippen LogP contribution >= 0.6 is 23.2 Å². The van der Waals surface area contributed by atoms with Crippen LogP contribution in [0.2, 0.25) is 10.0 Å². The molecule has 1 N–H and O–H groups in total. The molecule has 2 aromatic rings. The SMILES string of the molecule is O=C(O)C1CCCN(C(=O)/C=C/c2c(-c3ccc4c(c3)CCOO4)ccc(Cl)c2Cl)C1. The number of carboxylic acids is 1. The zero-order valence-corrected chi connectivity index (χ0v) is 18.2. The minimum absolute atomic E-state index is 0.210. The lowest BCUT2D eigenvalue weighted by Crippen LogP contribution is -2.41. The normalized spacial score (nSPS) is 18.5. The van der Waals surface area contributed by atoms with Gasteiger partial charge in [-0.15, -0.1) is 0 Å². The molecule has 1 fully saturated rings. The Kier molecular flexibility index (Phi) is 6.51. The number of piperidine rings is 1. The second-order valence-corrected chi connectivity index (χ2v) is 8.38. The summed E-state index contributed by atoms with van der Waals surface area (Å²) in [7, 11) is 0. The quantitative estimate of drug-likeness (QED) is 0.519. The first-order chi connectivity index (χ1) is 14.9. The molecule has 4 rings (SSSR count). The van der Waals surface area contributed by atoms with Crippen molar-refractivity contribution in [3.05, 3.63) is 57.6 Å². The summed E-state index contributed by atoms with van der Waals surface area (Å²) in [6.07, 6.45) is 5.06. The molecule has 1 amide bonds. The van der Waals surface area contributed by atoms with Gasteiger partial charge in [0.1, 0.15) is 0 Å². The average Bonchev–Trinajstić information content (AvgIpc) is 2.79. The van der Waals surface area contributed by atoms with Gasteiger partial charge in [-0.05, 0) is 48.2 Å². The summed E-state index contributed by atoms with van der Waals surface area (Å²) in [6.45, 7) is 1.23. The van der Waals surface area contributed by atoms with Crippen molar-refractivity contribution in [2.45, 2.75) is 19.3 Å². The molecule has 1 atom stereocenters. The lowest BCUT2D eigenvalue weighted by molar-refractivity contribution is -0.215. The van der Waals surface area contributed by atoms with Crippen molar-refractivity contribution >= 4 is 41.2 Å². The molecule has 2 aliphatic rings. The number of nitrogens with zero attached hydrogens (tertiary/aromatic N) is 1. The van der Waals surface area contributed by atoms with E-state index in [2.05, 4.69) is 0 Å². The molecule has 1 saturated heterocycles. The van der Waals surface area contributed by atoms with Gasteiger partial charge in [-0.3, -0.25) is 9.59 Å². The number of amides is 1. The van der Waals surface area contributed by atoms with Gasteiger partial charge < -0.3 is 14.9 Å². The highest BCUT2D eigenvalue weighted by molar-refractivity contribution is 6.43. The summed E-state index contributed by atoms with van der Waals surface area (Å²) in [4.78, 5) is 35.8. The van der Waals surface area contributed by atoms with E-state index in [0.29, 0.717) is 47.4 Å². The number of halogens is 2. The van der Waals surface area contributed by atoms with Crippen LogP contribution in [0.25, 0.3) is 17.2 Å². The summed E-state index contributed by atoms with van der Waals surface area (Å²) in [5.41, 5.74) is 3.39. The zero-order valence-electron chi connectivity index (χ0n) is 16.6. The van der Waals surface area contributed by atoms with Gasteiger partial charge in [0, 0.05) is 36.7 Å². The van der Waals surface area contributed by atoms with Crippen LogP contribution in [-0.4, -0.2) is 41.6 Å². The molecule has 2 heterocycles. The second-order valence-electron chi connectivity index (χ2n) is 7.60. The Labute approximate surface area is 189 Å². The van der Waals surface area contributed by atoms with Gasteiger partial charge in [-0.2, -0.15) is 4.89 Å². The molecular weight excluding hydrogens is 441 g/mol. The number of likely N-dealkylation sites (tertiary alicyclic amines) is 1. The van der Waals surface area contributed by atoms with Crippen LogP contribution in [0, 0.1) is 5.92 Å². The van der Waals surface area contributed by atoms with E-state index in [1.54, 1.807) is 17.0 Å². The summed E-state index contributed by atoms with van der Waals surface area (Å²) in [5.74, 6) is -0.967. The highest BCUT2D eigenvalue weighted by atomic mass is 35.5. The lowest BCUT2D eigenvalue weighted by atomic mass is 9.96. The molecule has 0 aliphatic carbocycles. The van der Waals surface area contributed by atoms with Crippen molar-refractivity contribution in [1.82, 2.24) is 4.90 Å². The van der Waals surface area contributed by atoms with Gasteiger partial charge in [-0.25, -0.2) is 0 Å². The van der Waals surface area contributed by atoms with Crippen molar-refractivity contribution in [3.63, 3.8) is 0 Å². The standard InChI is InChI=1S/C23H21Cl2NO5/c24-19-6-4-17(14-3-7-20-15(12-14)9-11-30-31-20)18(22(19)25)5-8-21(27)26-10-1-2-16(13-26)23(28)29/h3-8,12,16H,1-2,9-11,13H2,(H,28,29)/b8-5+. The van der Waals surface area contributed by atoms with E-state index in [-0.39, 0.29) is 12.5 Å². The molecule has 8 heteroatoms. The van der Waals surface area contributed by atoms with E-state index in [9.17, 15) is 14.7 Å². The number of fused-ring (bicyclic) bond motifs is 1. The first kappa shape index (κ1) is 21.7. The van der Waals surface area contributed by atoms with Crippen LogP contribution in [0.5, 0.6) is 5.75 Å². The minimum Gasteiger partial charge on any atom is -0.481 e. The number of benzene rings is 2. The van der Waals surface area contributed by atoms with Gasteiger partial charge >= 0.3 is 5.97 Å². The maximum Gasteiger partial charge on any atom is 0.308 e. The molecule has 0 bridgehead atoms. The number of carbonyl (C=O) groups is 2. The number of aliphatic carboxylic acids is 1. The molecule has 6 nitrogen and oxygen atoms in total. The molecule has 1 unspecified atom stereocenters. The topological polar surface area (TPSA) is 76.1 Å². The van der Waals surface area contributed by atoms with Crippen molar-refractivity contribution in [3.8, 4) is 16.9 Å². The highest BCUT2D eigenvalue weighted by Gasteiger charge is 2.27. The van der Waals surface area contributed by atoms with Crippen LogP contribution in [0.3, 0.4) is 0 Å². The van der Waals surface area contributed by atoms with Crippen molar-refractivity contribution in [1.29, 1.82) is 0 Å². The van der Waals surface area contributed by atoms with E-state index in [4.69, 9.17) is 33.0 Å². The van der Waals surface area contributed by atoms with Gasteiger partial charge in [0.25, 0.3) is 0 Å². The zero-order chi connectivity index (χ0) is 22.0. The number of carboxylic acid groups (broad SMARTS) is 1. The van der Waals surface area contributed by atoms with Gasteiger partial charge in [-0.1, -0.05) is 35.3 Å². The molecule has 0 spiro atoms. The summed E-state index contributed by atoms with van der Waals surface area (Å²) < 4.78 is 0. The number of rotatable bonds is 4. The first-order valence-corrected chi connectivity index (χ1v) is 10.8. The maximum atomic E-state index is 12.7. The van der Waals surface area contributed by atoms with Gasteiger partial charge in [0.15, 0.2) is 5.75 Å². The van der Waals surface area contributed by atoms with Crippen molar-refractivity contribution in [2.75, 3.05) is 19.7 Å². The van der Waals surface area contributed by atoms with Crippen LogP contribution < -0.4 is 4.89 Å². The molecule has 2 aliphatic heterocycles. The Morgan fingerprint density at radius 3 is 2.84 bits per heavy atom. The van der Waals surface area contributed by atoms with Crippen LogP contribution in [-0.2, 0) is 20.9 Å². The lowest BCUT2D eigenvalue weighted by Gasteiger charge is -2.29. The van der Waals surface area contributed by atoms with Gasteiger partial charge in [0.05, 0.1) is 22.6 Å². The third-order valence-corrected chi connectivity index (χ3v) is 6.40. The van der Waals surface area contributed by atoms with E-state index >= 15 is 0 Å². The van der Waals surface area contributed by atoms with E-state index in [0.717, 1.165) is 23.1 Å². The predicted octanol–water partition coefficient (Wildman–Crippen LogP) is 4.86. The maximum absolute atomic E-state index is 12.7. The van der Waals surface area contributed by atoms with Crippen LogP contribution in [0.1, 0.15) is 24.0 Å². The molecular formula is C23H21Cl2NO5. The Morgan fingerprint density at radius 1 is 1.19 bits per heavy atom. The van der Waals surface area contributed by atoms with Gasteiger partial charge in [0.2, 0.25) is 5.91 Å². The minimum atomic E-state index is -0.872. The summed E-state index contributed by atoms with van der Waals surface area (Å²) >= 11 is 12.7. The smallest absolute Gasteiger partial charge is 0.308 e. The fourth-order valence-corrected chi connectivity index (χ4v) is 4.29. The Balaban J connectivity index is 1.63. The largest absolute Gasteiger partial charge is 0.481 e. The fraction of sp³-hybridized carbons (Fsp3) is 0.304. The second kappa shape index (κ2) is 9.30. The third-order valence-electron chi connectivity index (χ3n) is 5.58. The molecule has 162 valence electrons. The van der Waals surface area contributed by atoms with E-state index in [1.165, 1.54) is 6.08 Å². The fourth-order valence-electron chi connectivity index (χ4n) is 3.90. The third kappa shape index (κ3) is 4.71. The molecule has 2 aromatic carbocycles. The number of hydrogen-bond acceptors (Lipinski definition) is 4. The highest BCUT2D eigenvalue weighted by Crippen LogP contribution is 2.37.